The van der Waals surface area contributed by atoms with Crippen LogP contribution in [0.5, 0.6) is 17.2 Å². The molecule has 0 spiro atoms. The zero-order chi connectivity index (χ0) is 39.5. The van der Waals surface area contributed by atoms with Crippen LogP contribution in [0.25, 0.3) is 11.1 Å². The normalized spacial score (nSPS) is 15.2. The maximum Gasteiger partial charge on any atom is 0.326 e. The molecule has 2 atom stereocenters. The number of hydrogen-bond acceptors (Lipinski definition) is 10. The molecule has 12 nitrogen and oxygen atoms in total. The Bertz CT molecular complexity index is 2040. The number of carboxylic acid groups (broad SMARTS) is 1. The third-order valence-electron chi connectivity index (χ3n) is 9.53. The summed E-state index contributed by atoms with van der Waals surface area (Å²) < 4.78 is 18.5. The molecule has 4 N–H and O–H groups in total. The monoisotopic (exact) mass is 789 g/mol. The van der Waals surface area contributed by atoms with Crippen LogP contribution in [0.1, 0.15) is 54.5 Å². The summed E-state index contributed by atoms with van der Waals surface area (Å²) in [5, 5.41) is 35.3. The van der Waals surface area contributed by atoms with Crippen molar-refractivity contribution in [2.24, 2.45) is 0 Å². The fourth-order valence-corrected chi connectivity index (χ4v) is 6.79. The second-order valence-electron chi connectivity index (χ2n) is 13.7. The Hall–Kier alpha value is -4.90. The summed E-state index contributed by atoms with van der Waals surface area (Å²) in [6, 6.07) is 18.8. The van der Waals surface area contributed by atoms with Gasteiger partial charge in [0.2, 0.25) is 5.91 Å². The van der Waals surface area contributed by atoms with Gasteiger partial charge in [-0.3, -0.25) is 19.9 Å². The van der Waals surface area contributed by atoms with E-state index in [-0.39, 0.29) is 36.7 Å². The van der Waals surface area contributed by atoms with Crippen LogP contribution in [0.4, 0.5) is 0 Å². The van der Waals surface area contributed by atoms with Crippen LogP contribution in [0.3, 0.4) is 0 Å². The minimum absolute atomic E-state index is 0.00107. The summed E-state index contributed by atoms with van der Waals surface area (Å²) in [5.41, 5.74) is 3.57. The van der Waals surface area contributed by atoms with Crippen LogP contribution < -0.4 is 24.8 Å². The van der Waals surface area contributed by atoms with Gasteiger partial charge in [-0.25, -0.2) is 0 Å². The van der Waals surface area contributed by atoms with Crippen molar-refractivity contribution >= 4 is 35.1 Å². The Balaban J connectivity index is 1.28. The Kier molecular flexibility index (Phi) is 14.3. The summed E-state index contributed by atoms with van der Waals surface area (Å²) >= 11 is 13.6. The molecule has 290 valence electrons. The first-order valence-corrected chi connectivity index (χ1v) is 18.7. The molecule has 1 unspecified atom stereocenters. The summed E-state index contributed by atoms with van der Waals surface area (Å²) in [6.07, 6.45) is 4.81. The van der Waals surface area contributed by atoms with Gasteiger partial charge in [0.05, 0.1) is 28.8 Å². The van der Waals surface area contributed by atoms with Gasteiger partial charge in [0, 0.05) is 74.3 Å². The number of aliphatic hydroxyl groups excluding tert-OH is 1. The number of nitriles is 1. The summed E-state index contributed by atoms with van der Waals surface area (Å²) in [5.74, 6) is 0.0909. The molecule has 0 aliphatic carbocycles. The van der Waals surface area contributed by atoms with Gasteiger partial charge in [-0.05, 0) is 61.6 Å². The number of hydrogen-bond donors (Lipinski definition) is 4. The van der Waals surface area contributed by atoms with Crippen molar-refractivity contribution in [1.29, 1.82) is 5.26 Å². The van der Waals surface area contributed by atoms with Crippen LogP contribution >= 0.6 is 23.2 Å². The van der Waals surface area contributed by atoms with Gasteiger partial charge >= 0.3 is 5.97 Å². The van der Waals surface area contributed by atoms with Gasteiger partial charge in [0.1, 0.15) is 42.1 Å². The molecule has 55 heavy (non-hydrogen) atoms. The van der Waals surface area contributed by atoms with E-state index in [4.69, 9.17) is 37.4 Å². The number of likely N-dealkylation sites (tertiary alicyclic amines) is 1. The molecular weight excluding hydrogens is 745 g/mol. The molecule has 1 amide bonds. The molecular formula is C41H45Cl2N5O7. The van der Waals surface area contributed by atoms with E-state index < -0.39 is 18.1 Å². The fourth-order valence-electron chi connectivity index (χ4n) is 6.27. The van der Waals surface area contributed by atoms with E-state index in [2.05, 4.69) is 26.6 Å². The molecule has 14 heteroatoms. The van der Waals surface area contributed by atoms with Gasteiger partial charge in [0.25, 0.3) is 0 Å². The largest absolute Gasteiger partial charge is 0.492 e. The topological polar surface area (TPSA) is 166 Å². The van der Waals surface area contributed by atoms with E-state index in [0.29, 0.717) is 45.6 Å². The van der Waals surface area contributed by atoms with E-state index in [1.165, 1.54) is 13.1 Å². The second kappa shape index (κ2) is 19.1. The standard InChI is InChI=1S/C41H45Cl2N5O7/c1-26-30(7-4-8-33(26)34-9-5-10-36(39(34)43)53-14-6-12-48-13-11-32(22-48)47-27(2)50)24-55-38-17-37(54-23-29-15-28(18-44)19-45-20-29)31(16-35(38)42)21-46-41(3,25-49)40(51)52/h4-5,7-10,15-17,19-20,32,46,49H,6,11-14,21-25H2,1-3H3,(H,47,50)(H,51,52)/t32?,41-/m1/s1. The third-order valence-corrected chi connectivity index (χ3v) is 10.2. The van der Waals surface area contributed by atoms with Crippen molar-refractivity contribution in [3.05, 3.63) is 105 Å². The Morgan fingerprint density at radius 1 is 1.02 bits per heavy atom. The van der Waals surface area contributed by atoms with Gasteiger partial charge in [-0.2, -0.15) is 5.26 Å². The number of aliphatic hydroxyl groups is 1. The first kappa shape index (κ1) is 41.3. The van der Waals surface area contributed by atoms with Crippen molar-refractivity contribution in [2.75, 3.05) is 32.8 Å². The maximum absolute atomic E-state index is 11.8. The number of amides is 1. The summed E-state index contributed by atoms with van der Waals surface area (Å²) in [7, 11) is 0. The van der Waals surface area contributed by atoms with E-state index in [9.17, 15) is 25.1 Å². The molecule has 1 fully saturated rings. The van der Waals surface area contributed by atoms with Gasteiger partial charge in [-0.1, -0.05) is 53.5 Å². The van der Waals surface area contributed by atoms with E-state index in [1.54, 1.807) is 31.3 Å². The van der Waals surface area contributed by atoms with E-state index in [0.717, 1.165) is 54.7 Å². The van der Waals surface area contributed by atoms with Crippen molar-refractivity contribution in [3.63, 3.8) is 0 Å². The number of halogens is 2. The number of ether oxygens (including phenoxy) is 3. The van der Waals surface area contributed by atoms with Crippen molar-refractivity contribution in [1.82, 2.24) is 20.5 Å². The number of carbonyl (C=O) groups is 2. The molecule has 2 heterocycles. The number of carboxylic acids is 1. The predicted octanol–water partition coefficient (Wildman–Crippen LogP) is 6.30. The fraction of sp³-hybridized carbons (Fsp3) is 0.366. The second-order valence-corrected chi connectivity index (χ2v) is 14.5. The Morgan fingerprint density at radius 3 is 2.53 bits per heavy atom. The van der Waals surface area contributed by atoms with Crippen LogP contribution in [0.2, 0.25) is 10.0 Å². The zero-order valence-corrected chi connectivity index (χ0v) is 32.5. The van der Waals surface area contributed by atoms with Crippen molar-refractivity contribution < 1.29 is 34.0 Å². The number of pyridine rings is 1. The lowest BCUT2D eigenvalue weighted by Crippen LogP contribution is -2.52. The number of nitrogens with zero attached hydrogens (tertiary/aromatic N) is 3. The number of nitrogens with one attached hydrogen (secondary N) is 2. The molecule has 1 saturated heterocycles. The first-order valence-electron chi connectivity index (χ1n) is 17.9. The molecule has 0 saturated carbocycles. The lowest BCUT2D eigenvalue weighted by atomic mass is 9.96. The van der Waals surface area contributed by atoms with E-state index in [1.807, 2.05) is 43.3 Å². The zero-order valence-electron chi connectivity index (χ0n) is 31.0. The number of carbonyl (C=O) groups excluding carboxylic acids is 1. The average Bonchev–Trinajstić information content (AvgIpc) is 3.62. The van der Waals surface area contributed by atoms with Crippen LogP contribution in [0.15, 0.2) is 67.0 Å². The van der Waals surface area contributed by atoms with Crippen molar-refractivity contribution in [2.45, 2.75) is 65.0 Å². The Morgan fingerprint density at radius 2 is 1.78 bits per heavy atom. The summed E-state index contributed by atoms with van der Waals surface area (Å²) in [4.78, 5) is 29.6. The van der Waals surface area contributed by atoms with Gasteiger partial charge < -0.3 is 34.6 Å². The third kappa shape index (κ3) is 10.9. The SMILES string of the molecule is CC(=O)NC1CCN(CCCOc2cccc(-c3cccc(COc4cc(OCc5cncc(C#N)c5)c(CN[C@](C)(CO)C(=O)O)cc4Cl)c3C)c2Cl)C1. The highest BCUT2D eigenvalue weighted by molar-refractivity contribution is 6.35. The van der Waals surface area contributed by atoms with Gasteiger partial charge in [0.15, 0.2) is 0 Å². The molecule has 1 aromatic heterocycles. The van der Waals surface area contributed by atoms with Crippen molar-refractivity contribution in [3.8, 4) is 34.4 Å². The Labute approximate surface area is 330 Å². The number of aromatic nitrogens is 1. The van der Waals surface area contributed by atoms with Crippen LogP contribution in [-0.4, -0.2) is 76.4 Å². The average molecular weight is 791 g/mol. The molecule has 0 radical (unpaired) electrons. The smallest absolute Gasteiger partial charge is 0.326 e. The summed E-state index contributed by atoms with van der Waals surface area (Å²) in [6.45, 7) is 7.69. The maximum atomic E-state index is 11.8. The van der Waals surface area contributed by atoms with Crippen LogP contribution in [0, 0.1) is 18.3 Å². The van der Waals surface area contributed by atoms with E-state index >= 15 is 0 Å². The quantitative estimate of drug-likeness (QED) is 0.0837. The molecule has 1 aliphatic rings. The number of rotatable bonds is 18. The highest BCUT2D eigenvalue weighted by Gasteiger charge is 2.32. The molecule has 5 rings (SSSR count). The van der Waals surface area contributed by atoms with Gasteiger partial charge in [-0.15, -0.1) is 0 Å². The highest BCUT2D eigenvalue weighted by atomic mass is 35.5. The van der Waals surface area contributed by atoms with Crippen LogP contribution in [-0.2, 0) is 29.3 Å². The molecule has 4 aromatic rings. The highest BCUT2D eigenvalue weighted by Crippen LogP contribution is 2.39. The lowest BCUT2D eigenvalue weighted by molar-refractivity contribution is -0.146. The minimum Gasteiger partial charge on any atom is -0.492 e. The minimum atomic E-state index is -1.60. The number of aliphatic carboxylic acids is 1. The predicted molar refractivity (Wildman–Crippen MR) is 209 cm³/mol. The lowest BCUT2D eigenvalue weighted by Gasteiger charge is -2.25. The molecule has 3 aromatic carbocycles. The number of benzene rings is 3. The molecule has 0 bridgehead atoms. The molecule has 1 aliphatic heterocycles. The first-order chi connectivity index (χ1) is 26.4.